The first-order chi connectivity index (χ1) is 9.58. The van der Waals surface area contributed by atoms with E-state index in [9.17, 15) is 9.18 Å². The summed E-state index contributed by atoms with van der Waals surface area (Å²) in [6, 6.07) is 4.56. The Morgan fingerprint density at radius 3 is 2.75 bits per heavy atom. The fourth-order valence-electron chi connectivity index (χ4n) is 1.95. The molecule has 1 rings (SSSR count). The number of nitrogens with one attached hydrogen (secondary N) is 2. The quantitative estimate of drug-likeness (QED) is 0.770. The van der Waals surface area contributed by atoms with E-state index in [0.717, 1.165) is 12.1 Å². The third-order valence-electron chi connectivity index (χ3n) is 2.91. The number of benzene rings is 1. The maximum Gasteiger partial charge on any atom is 0.223 e. The predicted octanol–water partition coefficient (Wildman–Crippen LogP) is 2.40. The predicted molar refractivity (Wildman–Crippen MR) is 77.3 cm³/mol. The third kappa shape index (κ3) is 5.17. The van der Waals surface area contributed by atoms with Crippen LogP contribution in [0.3, 0.4) is 0 Å². The lowest BCUT2D eigenvalue weighted by Gasteiger charge is -2.17. The molecule has 20 heavy (non-hydrogen) atoms. The van der Waals surface area contributed by atoms with Crippen molar-refractivity contribution in [3.8, 4) is 5.75 Å². The maximum absolute atomic E-state index is 13.3. The molecule has 5 heteroatoms. The molecule has 0 aliphatic carbocycles. The molecule has 1 aromatic rings. The summed E-state index contributed by atoms with van der Waals surface area (Å²) in [5, 5.41) is 5.95. The van der Waals surface area contributed by atoms with E-state index in [1.165, 1.54) is 12.1 Å². The van der Waals surface area contributed by atoms with Gasteiger partial charge in [0.15, 0.2) is 0 Å². The summed E-state index contributed by atoms with van der Waals surface area (Å²) in [6.45, 7) is 7.52. The average molecular weight is 282 g/mol. The van der Waals surface area contributed by atoms with Gasteiger partial charge in [-0.2, -0.15) is 0 Å². The van der Waals surface area contributed by atoms with Gasteiger partial charge >= 0.3 is 0 Å². The number of amides is 1. The Balaban J connectivity index is 2.67. The van der Waals surface area contributed by atoms with Crippen LogP contribution >= 0.6 is 0 Å². The lowest BCUT2D eigenvalue weighted by atomic mass is 10.1. The Bertz CT molecular complexity index is 438. The van der Waals surface area contributed by atoms with Gasteiger partial charge in [-0.15, -0.1) is 0 Å². The average Bonchev–Trinajstić information content (AvgIpc) is 2.39. The highest BCUT2D eigenvalue weighted by Crippen LogP contribution is 2.26. The van der Waals surface area contributed by atoms with E-state index in [4.69, 9.17) is 4.74 Å². The molecule has 112 valence electrons. The molecular formula is C15H23FN2O2. The van der Waals surface area contributed by atoms with Crippen LogP contribution in [0.5, 0.6) is 5.75 Å². The van der Waals surface area contributed by atoms with E-state index in [0.29, 0.717) is 12.3 Å². The smallest absolute Gasteiger partial charge is 0.223 e. The molecule has 0 radical (unpaired) electrons. The summed E-state index contributed by atoms with van der Waals surface area (Å²) in [7, 11) is 0. The Morgan fingerprint density at radius 2 is 2.10 bits per heavy atom. The van der Waals surface area contributed by atoms with Crippen LogP contribution in [0, 0.1) is 5.82 Å². The van der Waals surface area contributed by atoms with Crippen LogP contribution in [0.2, 0.25) is 0 Å². The van der Waals surface area contributed by atoms with Crippen LogP contribution in [0.15, 0.2) is 18.2 Å². The third-order valence-corrected chi connectivity index (χ3v) is 2.91. The molecule has 0 bridgehead atoms. The van der Waals surface area contributed by atoms with Crippen LogP contribution in [0.4, 0.5) is 4.39 Å². The van der Waals surface area contributed by atoms with Crippen molar-refractivity contribution in [2.75, 3.05) is 19.7 Å². The van der Waals surface area contributed by atoms with Crippen molar-refractivity contribution >= 4 is 5.91 Å². The molecule has 0 heterocycles. The van der Waals surface area contributed by atoms with Crippen LogP contribution in [0.25, 0.3) is 0 Å². The highest BCUT2D eigenvalue weighted by atomic mass is 19.1. The lowest BCUT2D eigenvalue weighted by molar-refractivity contribution is -0.121. The summed E-state index contributed by atoms with van der Waals surface area (Å²) in [6.07, 6.45) is 0.263. The minimum atomic E-state index is -0.342. The topological polar surface area (TPSA) is 50.4 Å². The number of halogens is 1. The molecule has 1 amide bonds. The van der Waals surface area contributed by atoms with Gasteiger partial charge in [0.2, 0.25) is 5.91 Å². The fraction of sp³-hybridized carbons (Fsp3) is 0.533. The van der Waals surface area contributed by atoms with E-state index in [-0.39, 0.29) is 30.8 Å². The molecule has 0 saturated heterocycles. The van der Waals surface area contributed by atoms with Crippen molar-refractivity contribution in [2.24, 2.45) is 0 Å². The number of carbonyl (C=O) groups excluding carboxylic acids is 1. The molecule has 0 aliphatic rings. The number of hydrogen-bond donors (Lipinski definition) is 2. The summed E-state index contributed by atoms with van der Waals surface area (Å²) in [5.74, 6) is 0.0818. The molecule has 0 aliphatic heterocycles. The van der Waals surface area contributed by atoms with Crippen molar-refractivity contribution in [3.05, 3.63) is 29.6 Å². The van der Waals surface area contributed by atoms with Crippen LogP contribution in [0.1, 0.15) is 38.8 Å². The van der Waals surface area contributed by atoms with Crippen LogP contribution < -0.4 is 15.4 Å². The van der Waals surface area contributed by atoms with Crippen molar-refractivity contribution < 1.29 is 13.9 Å². The lowest BCUT2D eigenvalue weighted by Crippen LogP contribution is -2.24. The van der Waals surface area contributed by atoms with Gasteiger partial charge < -0.3 is 15.4 Å². The van der Waals surface area contributed by atoms with Crippen molar-refractivity contribution in [1.29, 1.82) is 0 Å². The molecule has 0 saturated carbocycles. The van der Waals surface area contributed by atoms with Crippen molar-refractivity contribution in [3.63, 3.8) is 0 Å². The molecule has 1 aromatic carbocycles. The second kappa shape index (κ2) is 8.53. The Morgan fingerprint density at radius 1 is 1.35 bits per heavy atom. The van der Waals surface area contributed by atoms with Gasteiger partial charge in [-0.05, 0) is 26.5 Å². The molecule has 0 fully saturated rings. The summed E-state index contributed by atoms with van der Waals surface area (Å²) in [5.41, 5.74) is 0.893. The highest BCUT2D eigenvalue weighted by Gasteiger charge is 2.12. The molecule has 0 aromatic heterocycles. The molecular weight excluding hydrogens is 259 g/mol. The SMILES string of the molecule is CCNC(=O)CCOc1cc(F)ccc1C(C)NCC. The normalized spacial score (nSPS) is 12.0. The Hall–Kier alpha value is -1.62. The summed E-state index contributed by atoms with van der Waals surface area (Å²) in [4.78, 5) is 11.3. The number of ether oxygens (including phenoxy) is 1. The molecule has 0 spiro atoms. The van der Waals surface area contributed by atoms with Crippen molar-refractivity contribution in [2.45, 2.75) is 33.2 Å². The Labute approximate surface area is 119 Å². The zero-order valence-electron chi connectivity index (χ0n) is 12.3. The van der Waals surface area contributed by atoms with Gasteiger partial charge in [-0.1, -0.05) is 13.0 Å². The number of carbonyl (C=O) groups is 1. The second-order valence-electron chi connectivity index (χ2n) is 4.51. The monoisotopic (exact) mass is 282 g/mol. The van der Waals surface area contributed by atoms with E-state index in [2.05, 4.69) is 10.6 Å². The van der Waals surface area contributed by atoms with Gasteiger partial charge in [0.1, 0.15) is 11.6 Å². The first kappa shape index (κ1) is 16.4. The van der Waals surface area contributed by atoms with Gasteiger partial charge in [-0.3, -0.25) is 4.79 Å². The highest BCUT2D eigenvalue weighted by molar-refractivity contribution is 5.75. The number of hydrogen-bond acceptors (Lipinski definition) is 3. The summed E-state index contributed by atoms with van der Waals surface area (Å²) < 4.78 is 18.9. The first-order valence-corrected chi connectivity index (χ1v) is 7.00. The fourth-order valence-corrected chi connectivity index (χ4v) is 1.95. The first-order valence-electron chi connectivity index (χ1n) is 7.00. The zero-order valence-corrected chi connectivity index (χ0v) is 12.3. The Kier molecular flexibility index (Phi) is 7.01. The standard InChI is InChI=1S/C15H23FN2O2/c1-4-17-11(3)13-7-6-12(16)10-14(13)20-9-8-15(19)18-5-2/h6-7,10-11,17H,4-5,8-9H2,1-3H3,(H,18,19). The van der Waals surface area contributed by atoms with Gasteiger partial charge in [-0.25, -0.2) is 4.39 Å². The van der Waals surface area contributed by atoms with Gasteiger partial charge in [0.25, 0.3) is 0 Å². The van der Waals surface area contributed by atoms with E-state index >= 15 is 0 Å². The maximum atomic E-state index is 13.3. The van der Waals surface area contributed by atoms with E-state index in [1.54, 1.807) is 6.07 Å². The van der Waals surface area contributed by atoms with Gasteiger partial charge in [0.05, 0.1) is 13.0 Å². The van der Waals surface area contributed by atoms with E-state index < -0.39 is 0 Å². The zero-order chi connectivity index (χ0) is 15.0. The number of rotatable bonds is 8. The van der Waals surface area contributed by atoms with Crippen molar-refractivity contribution in [1.82, 2.24) is 10.6 Å². The minimum Gasteiger partial charge on any atom is -0.493 e. The van der Waals surface area contributed by atoms with E-state index in [1.807, 2.05) is 20.8 Å². The van der Waals surface area contributed by atoms with Crippen LogP contribution in [-0.2, 0) is 4.79 Å². The van der Waals surface area contributed by atoms with Gasteiger partial charge in [0, 0.05) is 24.2 Å². The molecule has 2 N–H and O–H groups in total. The van der Waals surface area contributed by atoms with Crippen LogP contribution in [-0.4, -0.2) is 25.6 Å². The second-order valence-corrected chi connectivity index (χ2v) is 4.51. The summed E-state index contributed by atoms with van der Waals surface area (Å²) >= 11 is 0. The molecule has 1 atom stereocenters. The minimum absolute atomic E-state index is 0.0646. The molecule has 1 unspecified atom stereocenters. The molecule has 4 nitrogen and oxygen atoms in total. The largest absolute Gasteiger partial charge is 0.493 e.